The predicted octanol–water partition coefficient (Wildman–Crippen LogP) is 8.48. The van der Waals surface area contributed by atoms with Gasteiger partial charge in [-0.25, -0.2) is 13.8 Å². The van der Waals surface area contributed by atoms with E-state index in [-0.39, 0.29) is 49.5 Å². The molecule has 4 N–H and O–H groups in total. The molecule has 0 bridgehead atoms. The minimum Gasteiger partial charge on any atom is -0.497 e. The molecule has 344 valence electrons. The van der Waals surface area contributed by atoms with Gasteiger partial charge in [0.1, 0.15) is 40.4 Å². The zero-order chi connectivity index (χ0) is 46.9. The van der Waals surface area contributed by atoms with Crippen molar-refractivity contribution in [2.24, 2.45) is 0 Å². The Labute approximate surface area is 380 Å². The van der Waals surface area contributed by atoms with Gasteiger partial charge in [-0.1, -0.05) is 20.3 Å². The highest BCUT2D eigenvalue weighted by Gasteiger charge is 2.54. The van der Waals surface area contributed by atoms with Gasteiger partial charge in [-0.15, -0.1) is 0 Å². The molecule has 2 amide bonds. The van der Waals surface area contributed by atoms with Crippen LogP contribution in [0.3, 0.4) is 0 Å². The molecule has 1 unspecified atom stereocenters. The Hall–Kier alpha value is -6.75. The van der Waals surface area contributed by atoms with E-state index in [1.807, 2.05) is 25.3 Å². The summed E-state index contributed by atoms with van der Waals surface area (Å²) in [7, 11) is 1.55. The SMILES string of the molecule is COc1ccc(-c2ccc3n2[B-](F)(F)[N+]2=C(C)C(CCC(=O)NCCCCCC(=O)NCC(=O)C4NCn5c(nc(-c6ccc(F)cc6)c5Nc5ccc(F)cc5)C4(C)C)=C(C)C2=C3)cc1. The number of hydrogen-bond acceptors (Lipinski definition) is 7. The fourth-order valence-corrected chi connectivity index (χ4v) is 9.37. The first-order valence-electron chi connectivity index (χ1n) is 22.2. The van der Waals surface area contributed by atoms with Crippen LogP contribution in [0.25, 0.3) is 28.6 Å². The normalized spacial score (nSPS) is 16.9. The lowest BCUT2D eigenvalue weighted by atomic mass is 9.80. The summed E-state index contributed by atoms with van der Waals surface area (Å²) in [5.74, 6) is 0.408. The van der Waals surface area contributed by atoms with Crippen LogP contribution in [0.2, 0.25) is 0 Å². The topological polar surface area (TPSA) is 134 Å². The van der Waals surface area contributed by atoms with E-state index < -0.39 is 24.2 Å². The average molecular weight is 905 g/mol. The van der Waals surface area contributed by atoms with Gasteiger partial charge < -0.3 is 42.9 Å². The van der Waals surface area contributed by atoms with Gasteiger partial charge in [-0.05, 0) is 117 Å². The van der Waals surface area contributed by atoms with Crippen molar-refractivity contribution in [3.8, 4) is 28.3 Å². The number of benzene rings is 3. The Morgan fingerprint density at radius 1 is 0.864 bits per heavy atom. The first-order chi connectivity index (χ1) is 31.6. The molecule has 5 aromatic rings. The zero-order valence-electron chi connectivity index (χ0n) is 37.6. The summed E-state index contributed by atoms with van der Waals surface area (Å²) in [5, 5.41) is 12.3. The molecule has 66 heavy (non-hydrogen) atoms. The second-order valence-electron chi connectivity index (χ2n) is 17.5. The fourth-order valence-electron chi connectivity index (χ4n) is 9.37. The number of allylic oxidation sites excluding steroid dienone is 2. The van der Waals surface area contributed by atoms with E-state index in [1.54, 1.807) is 80.8 Å². The van der Waals surface area contributed by atoms with Crippen LogP contribution in [0, 0.1) is 11.6 Å². The number of ketones is 1. The number of carbonyl (C=O) groups is 3. The van der Waals surface area contributed by atoms with Crippen LogP contribution in [0.5, 0.6) is 5.75 Å². The van der Waals surface area contributed by atoms with Gasteiger partial charge in [0, 0.05) is 71.6 Å². The monoisotopic (exact) mass is 904 g/mol. The van der Waals surface area contributed by atoms with Crippen LogP contribution in [0.4, 0.5) is 28.9 Å². The number of fused-ring (bicyclic) bond motifs is 3. The molecule has 0 radical (unpaired) electrons. The summed E-state index contributed by atoms with van der Waals surface area (Å²) < 4.78 is 69.8. The highest BCUT2D eigenvalue weighted by Crippen LogP contribution is 2.42. The largest absolute Gasteiger partial charge is 0.737 e. The maximum absolute atomic E-state index is 16.4. The van der Waals surface area contributed by atoms with Gasteiger partial charge in [0.2, 0.25) is 11.8 Å². The minimum absolute atomic E-state index is 0.140. The number of imidazole rings is 1. The third kappa shape index (κ3) is 8.95. The highest BCUT2D eigenvalue weighted by atomic mass is 19.2. The van der Waals surface area contributed by atoms with Gasteiger partial charge in [-0.3, -0.25) is 19.7 Å². The lowest BCUT2D eigenvalue weighted by molar-refractivity contribution is -0.362. The van der Waals surface area contributed by atoms with E-state index in [9.17, 15) is 23.2 Å². The third-order valence-electron chi connectivity index (χ3n) is 12.9. The number of rotatable bonds is 17. The number of methoxy groups -OCH3 is 1. The molecular formula is C49H53BF4N8O4. The second-order valence-corrected chi connectivity index (χ2v) is 17.5. The molecule has 17 heteroatoms. The fraction of sp³-hybridized carbons (Fsp3) is 0.327. The summed E-state index contributed by atoms with van der Waals surface area (Å²) in [6.07, 6.45) is 4.30. The smallest absolute Gasteiger partial charge is 0.497 e. The van der Waals surface area contributed by atoms with E-state index in [2.05, 4.69) is 21.3 Å². The van der Waals surface area contributed by atoms with Crippen molar-refractivity contribution >= 4 is 47.9 Å². The van der Waals surface area contributed by atoms with Gasteiger partial charge in [0.05, 0.1) is 26.4 Å². The van der Waals surface area contributed by atoms with Crippen molar-refractivity contribution < 1.29 is 41.0 Å². The molecule has 12 nitrogen and oxygen atoms in total. The van der Waals surface area contributed by atoms with Crippen LogP contribution in [0.1, 0.15) is 77.7 Å². The molecule has 3 aliphatic rings. The first-order valence-corrected chi connectivity index (χ1v) is 22.2. The number of carbonyl (C=O) groups excluding carboxylic acids is 3. The molecule has 0 fully saturated rings. The quantitative estimate of drug-likeness (QED) is 0.0418. The van der Waals surface area contributed by atoms with Crippen LogP contribution >= 0.6 is 0 Å². The minimum atomic E-state index is -4.22. The molecule has 2 aromatic heterocycles. The molecular weight excluding hydrogens is 851 g/mol. The van der Waals surface area contributed by atoms with E-state index >= 15 is 8.63 Å². The molecule has 3 aliphatic heterocycles. The zero-order valence-corrected chi connectivity index (χ0v) is 37.6. The molecule has 0 saturated heterocycles. The van der Waals surface area contributed by atoms with Gasteiger partial charge in [-0.2, -0.15) is 0 Å². The lowest BCUT2D eigenvalue weighted by Gasteiger charge is -2.38. The summed E-state index contributed by atoms with van der Waals surface area (Å²) in [6.45, 7) is 3.52. The van der Waals surface area contributed by atoms with Gasteiger partial charge in [0.25, 0.3) is 0 Å². The summed E-state index contributed by atoms with van der Waals surface area (Å²) in [5.41, 5.74) is 4.80. The van der Waals surface area contributed by atoms with Crippen molar-refractivity contribution in [1.82, 2.24) is 30.0 Å². The number of hydrogen-bond donors (Lipinski definition) is 4. The Balaban J connectivity index is 0.786. The number of Topliss-reactive ketones (excluding diaryl/α,β-unsaturated/α-hetero) is 1. The Kier molecular flexibility index (Phi) is 12.9. The maximum Gasteiger partial charge on any atom is 0.737 e. The summed E-state index contributed by atoms with van der Waals surface area (Å²) in [4.78, 5) is 44.3. The standard InChI is InChI=1S/C49H53BF4N8O4/c1-30-39(31(2)61-41(30)27-37-20-24-40(62(37)50(61,53)54)32-12-21-38(66-5)22-13-32)23-25-44(65)55-26-8-6-7-9-43(64)56-28-42(63)46-49(3,4)48-59-45(33-10-14-34(51)15-11-33)47(60(48)29-57-46)58-36-18-16-35(52)17-19-36/h10-22,24,27,46,57-58H,6-9,23,25-26,28-29H2,1-5H3,(H,55,65)(H,56,64). The van der Waals surface area contributed by atoms with E-state index in [4.69, 9.17) is 9.72 Å². The molecule has 3 aromatic carbocycles. The lowest BCUT2D eigenvalue weighted by Crippen LogP contribution is -2.57. The average Bonchev–Trinajstić information content (AvgIpc) is 3.97. The number of ether oxygens (including phenoxy) is 1. The Morgan fingerprint density at radius 3 is 2.23 bits per heavy atom. The summed E-state index contributed by atoms with van der Waals surface area (Å²) >= 11 is 0. The molecule has 1 atom stereocenters. The van der Waals surface area contributed by atoms with Crippen LogP contribution < -0.4 is 26.0 Å². The van der Waals surface area contributed by atoms with Crippen LogP contribution in [-0.4, -0.2) is 75.0 Å². The number of halogens is 4. The third-order valence-corrected chi connectivity index (χ3v) is 12.9. The molecule has 8 rings (SSSR count). The van der Waals surface area contributed by atoms with E-state index in [0.29, 0.717) is 94.9 Å². The van der Waals surface area contributed by atoms with Gasteiger partial charge in [0.15, 0.2) is 11.5 Å². The van der Waals surface area contributed by atoms with Crippen molar-refractivity contribution in [2.75, 3.05) is 25.5 Å². The number of unbranched alkanes of at least 4 members (excludes halogenated alkanes) is 2. The molecule has 0 aliphatic carbocycles. The number of amides is 2. The maximum atomic E-state index is 16.4. The second kappa shape index (κ2) is 18.6. The Bertz CT molecular complexity index is 2780. The van der Waals surface area contributed by atoms with Gasteiger partial charge >= 0.3 is 6.97 Å². The van der Waals surface area contributed by atoms with Crippen molar-refractivity contribution in [3.05, 3.63) is 125 Å². The van der Waals surface area contributed by atoms with Crippen LogP contribution in [-0.2, 0) is 26.5 Å². The van der Waals surface area contributed by atoms with Crippen LogP contribution in [0.15, 0.2) is 102 Å². The van der Waals surface area contributed by atoms with Crippen molar-refractivity contribution in [2.45, 2.75) is 84.3 Å². The number of nitrogens with zero attached hydrogens (tertiary/aromatic N) is 4. The Morgan fingerprint density at radius 2 is 1.53 bits per heavy atom. The van der Waals surface area contributed by atoms with E-state index in [0.717, 1.165) is 20.1 Å². The predicted molar refractivity (Wildman–Crippen MR) is 247 cm³/mol. The molecule has 5 heterocycles. The van der Waals surface area contributed by atoms with Crippen molar-refractivity contribution in [1.29, 1.82) is 0 Å². The first kappa shape index (κ1) is 45.8. The number of aromatic nitrogens is 3. The number of nitrogens with one attached hydrogen (secondary N) is 4. The summed E-state index contributed by atoms with van der Waals surface area (Å²) in [6, 6.07) is 21.6. The highest BCUT2D eigenvalue weighted by molar-refractivity contribution is 6.58. The molecule has 0 saturated carbocycles. The number of anilines is 2. The molecule has 0 spiro atoms. The van der Waals surface area contributed by atoms with E-state index in [1.165, 1.54) is 24.3 Å². The van der Waals surface area contributed by atoms with Crippen molar-refractivity contribution in [3.63, 3.8) is 0 Å².